The number of H-pyrrole nitrogens is 1. The number of para-hydroxylation sites is 2. The molecular formula is C20H18F3N3O2. The fourth-order valence-corrected chi connectivity index (χ4v) is 3.63. The van der Waals surface area contributed by atoms with E-state index in [0.717, 1.165) is 23.2 Å². The highest BCUT2D eigenvalue weighted by Gasteiger charge is 2.33. The summed E-state index contributed by atoms with van der Waals surface area (Å²) in [7, 11) is 0. The molecule has 146 valence electrons. The minimum atomic E-state index is -4.39. The monoisotopic (exact) mass is 389 g/mol. The average Bonchev–Trinajstić information content (AvgIpc) is 2.93. The standard InChI is InChI=1S/C20H18F3N3O2/c21-20(22,23)13-7-5-12(6-8-13)9-18(27)24-14-10-15(11-14)26-17-4-2-1-3-16(17)25-19(26)28/h1-8,14-15H,9-11H2,(H,24,27)(H,25,28)/t14-,15+. The Hall–Kier alpha value is -3.03. The number of fused-ring (bicyclic) bond motifs is 1. The number of alkyl halides is 3. The fraction of sp³-hybridized carbons (Fsp3) is 0.300. The van der Waals surface area contributed by atoms with Crippen molar-refractivity contribution < 1.29 is 18.0 Å². The number of rotatable bonds is 4. The van der Waals surface area contributed by atoms with Crippen LogP contribution in [0.3, 0.4) is 0 Å². The molecule has 0 bridgehead atoms. The first-order chi connectivity index (χ1) is 13.3. The van der Waals surface area contributed by atoms with Gasteiger partial charge in [0.2, 0.25) is 5.91 Å². The molecule has 1 saturated carbocycles. The van der Waals surface area contributed by atoms with Gasteiger partial charge in [-0.15, -0.1) is 0 Å². The van der Waals surface area contributed by atoms with Crippen molar-refractivity contribution in [2.24, 2.45) is 0 Å². The fourth-order valence-electron chi connectivity index (χ4n) is 3.63. The molecule has 0 spiro atoms. The van der Waals surface area contributed by atoms with Crippen molar-refractivity contribution in [3.8, 4) is 0 Å². The van der Waals surface area contributed by atoms with Gasteiger partial charge in [-0.25, -0.2) is 4.79 Å². The summed E-state index contributed by atoms with van der Waals surface area (Å²) in [5.74, 6) is -0.241. The molecule has 0 atom stereocenters. The Morgan fingerprint density at radius 3 is 2.46 bits per heavy atom. The van der Waals surface area contributed by atoms with Crippen molar-refractivity contribution in [3.05, 3.63) is 70.1 Å². The van der Waals surface area contributed by atoms with E-state index in [1.165, 1.54) is 12.1 Å². The Morgan fingerprint density at radius 2 is 1.79 bits per heavy atom. The van der Waals surface area contributed by atoms with E-state index in [9.17, 15) is 22.8 Å². The highest BCUT2D eigenvalue weighted by atomic mass is 19.4. The maximum Gasteiger partial charge on any atom is 0.416 e. The van der Waals surface area contributed by atoms with Crippen LogP contribution in [0, 0.1) is 0 Å². The minimum absolute atomic E-state index is 0.0139. The number of aromatic amines is 1. The smallest absolute Gasteiger partial charge is 0.353 e. The van der Waals surface area contributed by atoms with Crippen molar-refractivity contribution in [1.82, 2.24) is 14.9 Å². The number of nitrogens with zero attached hydrogens (tertiary/aromatic N) is 1. The third-order valence-corrected chi connectivity index (χ3v) is 5.11. The quantitative estimate of drug-likeness (QED) is 0.718. The van der Waals surface area contributed by atoms with Crippen LogP contribution in [0.25, 0.3) is 11.0 Å². The Bertz CT molecular complexity index is 1060. The lowest BCUT2D eigenvalue weighted by molar-refractivity contribution is -0.137. The van der Waals surface area contributed by atoms with Crippen LogP contribution in [0.15, 0.2) is 53.3 Å². The molecule has 1 aromatic heterocycles. The molecule has 2 aromatic carbocycles. The number of aromatic nitrogens is 2. The second kappa shape index (κ2) is 6.85. The van der Waals surface area contributed by atoms with Crippen molar-refractivity contribution >= 4 is 16.9 Å². The summed E-state index contributed by atoms with van der Waals surface area (Å²) < 4.78 is 39.5. The second-order valence-electron chi connectivity index (χ2n) is 7.08. The Labute approximate surface area is 158 Å². The Kier molecular flexibility index (Phi) is 4.49. The van der Waals surface area contributed by atoms with Gasteiger partial charge in [0.25, 0.3) is 0 Å². The van der Waals surface area contributed by atoms with E-state index >= 15 is 0 Å². The van der Waals surface area contributed by atoms with Crippen LogP contribution in [0.4, 0.5) is 13.2 Å². The van der Waals surface area contributed by atoms with E-state index in [-0.39, 0.29) is 30.1 Å². The number of carbonyl (C=O) groups excluding carboxylic acids is 1. The van der Waals surface area contributed by atoms with E-state index in [1.807, 2.05) is 24.3 Å². The number of amides is 1. The van der Waals surface area contributed by atoms with Gasteiger partial charge < -0.3 is 10.3 Å². The molecule has 28 heavy (non-hydrogen) atoms. The summed E-state index contributed by atoms with van der Waals surface area (Å²) in [6, 6.07) is 12.0. The number of halogens is 3. The zero-order valence-electron chi connectivity index (χ0n) is 14.8. The maximum atomic E-state index is 12.6. The summed E-state index contributed by atoms with van der Waals surface area (Å²) >= 11 is 0. The van der Waals surface area contributed by atoms with Gasteiger partial charge in [-0.05, 0) is 42.7 Å². The van der Waals surface area contributed by atoms with Gasteiger partial charge >= 0.3 is 11.9 Å². The number of imidazole rings is 1. The molecule has 1 fully saturated rings. The lowest BCUT2D eigenvalue weighted by Crippen LogP contribution is -2.47. The third kappa shape index (κ3) is 3.54. The average molecular weight is 389 g/mol. The SMILES string of the molecule is O=C(Cc1ccc(C(F)(F)F)cc1)N[C@H]1C[C@@H](n2c(=O)[nH]c3ccccc32)C1. The first kappa shape index (κ1) is 18.3. The Morgan fingerprint density at radius 1 is 1.11 bits per heavy atom. The molecule has 1 aliphatic carbocycles. The first-order valence-electron chi connectivity index (χ1n) is 8.96. The topological polar surface area (TPSA) is 66.9 Å². The molecule has 5 nitrogen and oxygen atoms in total. The predicted molar refractivity (Wildman–Crippen MR) is 97.9 cm³/mol. The van der Waals surface area contributed by atoms with Gasteiger partial charge in [0, 0.05) is 12.1 Å². The van der Waals surface area contributed by atoms with Crippen molar-refractivity contribution in [3.63, 3.8) is 0 Å². The molecule has 0 unspecified atom stereocenters. The highest BCUT2D eigenvalue weighted by molar-refractivity contribution is 5.79. The first-order valence-corrected chi connectivity index (χ1v) is 8.96. The zero-order valence-corrected chi connectivity index (χ0v) is 14.8. The van der Waals surface area contributed by atoms with E-state index in [2.05, 4.69) is 10.3 Å². The summed E-state index contributed by atoms with van der Waals surface area (Å²) in [6.45, 7) is 0. The number of carbonyl (C=O) groups is 1. The van der Waals surface area contributed by atoms with Crippen LogP contribution in [0.2, 0.25) is 0 Å². The van der Waals surface area contributed by atoms with Gasteiger partial charge in [0.05, 0.1) is 23.0 Å². The van der Waals surface area contributed by atoms with Crippen LogP contribution in [0.1, 0.15) is 30.0 Å². The summed E-state index contributed by atoms with van der Waals surface area (Å²) in [4.78, 5) is 27.2. The van der Waals surface area contributed by atoms with E-state index < -0.39 is 11.7 Å². The summed E-state index contributed by atoms with van der Waals surface area (Å²) in [5, 5.41) is 2.88. The van der Waals surface area contributed by atoms with Crippen LogP contribution in [-0.2, 0) is 17.4 Å². The molecule has 1 aliphatic rings. The largest absolute Gasteiger partial charge is 0.416 e. The van der Waals surface area contributed by atoms with Crippen molar-refractivity contribution in [2.75, 3.05) is 0 Å². The van der Waals surface area contributed by atoms with Crippen molar-refractivity contribution in [2.45, 2.75) is 37.5 Å². The third-order valence-electron chi connectivity index (χ3n) is 5.11. The minimum Gasteiger partial charge on any atom is -0.353 e. The second-order valence-corrected chi connectivity index (χ2v) is 7.08. The Balaban J connectivity index is 1.34. The van der Waals surface area contributed by atoms with Crippen molar-refractivity contribution in [1.29, 1.82) is 0 Å². The van der Waals surface area contributed by atoms with Crippen LogP contribution >= 0.6 is 0 Å². The van der Waals surface area contributed by atoms with Gasteiger partial charge in [0.15, 0.2) is 0 Å². The molecule has 0 radical (unpaired) electrons. The molecule has 8 heteroatoms. The van der Waals surface area contributed by atoms with Crippen LogP contribution in [-0.4, -0.2) is 21.5 Å². The van der Waals surface area contributed by atoms with Crippen LogP contribution in [0.5, 0.6) is 0 Å². The zero-order chi connectivity index (χ0) is 19.9. The van der Waals surface area contributed by atoms with E-state index in [4.69, 9.17) is 0 Å². The maximum absolute atomic E-state index is 12.6. The molecule has 2 N–H and O–H groups in total. The number of nitrogens with one attached hydrogen (secondary N) is 2. The molecule has 3 aromatic rings. The molecule has 0 saturated heterocycles. The van der Waals surface area contributed by atoms with E-state index in [1.54, 1.807) is 4.57 Å². The summed E-state index contributed by atoms with van der Waals surface area (Å²) in [5.41, 5.74) is 1.24. The summed E-state index contributed by atoms with van der Waals surface area (Å²) in [6.07, 6.45) is -3.09. The molecule has 0 aliphatic heterocycles. The van der Waals surface area contributed by atoms with Gasteiger partial charge in [-0.2, -0.15) is 13.2 Å². The van der Waals surface area contributed by atoms with Gasteiger partial charge in [0.1, 0.15) is 0 Å². The lowest BCUT2D eigenvalue weighted by Gasteiger charge is -2.36. The number of hydrogen-bond donors (Lipinski definition) is 2. The highest BCUT2D eigenvalue weighted by Crippen LogP contribution is 2.33. The van der Waals surface area contributed by atoms with E-state index in [0.29, 0.717) is 18.4 Å². The molecule has 1 heterocycles. The predicted octanol–water partition coefficient (Wildman–Crippen LogP) is 3.41. The molecular weight excluding hydrogens is 371 g/mol. The normalized spacial score (nSPS) is 19.4. The van der Waals surface area contributed by atoms with Gasteiger partial charge in [-0.3, -0.25) is 9.36 Å². The number of hydrogen-bond acceptors (Lipinski definition) is 2. The number of benzene rings is 2. The lowest BCUT2D eigenvalue weighted by atomic mass is 9.86. The van der Waals surface area contributed by atoms with Gasteiger partial charge in [-0.1, -0.05) is 24.3 Å². The molecule has 4 rings (SSSR count). The molecule has 1 amide bonds. The van der Waals surface area contributed by atoms with Crippen LogP contribution < -0.4 is 11.0 Å².